The van der Waals surface area contributed by atoms with E-state index in [1.807, 2.05) is 42.5 Å². The number of benzene rings is 3. The van der Waals surface area contributed by atoms with Gasteiger partial charge in [-0.25, -0.2) is 4.39 Å². The van der Waals surface area contributed by atoms with Crippen molar-refractivity contribution in [3.8, 4) is 0 Å². The van der Waals surface area contributed by atoms with Crippen LogP contribution in [0.2, 0.25) is 0 Å². The molecule has 6 heteroatoms. The summed E-state index contributed by atoms with van der Waals surface area (Å²) in [6.07, 6.45) is 2.14. The highest BCUT2D eigenvalue weighted by Gasteiger charge is 2.26. The van der Waals surface area contributed by atoms with Crippen LogP contribution in [-0.4, -0.2) is 36.3 Å². The number of para-hydroxylation sites is 1. The predicted molar refractivity (Wildman–Crippen MR) is 132 cm³/mol. The van der Waals surface area contributed by atoms with E-state index in [9.17, 15) is 14.0 Å². The number of rotatable bonds is 8. The molecular formula is C28H30FN3O2. The number of likely N-dealkylation sites (tertiary alicyclic amines) is 1. The molecule has 1 aliphatic heterocycles. The molecule has 3 aromatic rings. The highest BCUT2D eigenvalue weighted by molar-refractivity contribution is 6.04. The van der Waals surface area contributed by atoms with Gasteiger partial charge in [0.1, 0.15) is 5.82 Å². The predicted octanol–water partition coefficient (Wildman–Crippen LogP) is 4.65. The topological polar surface area (TPSA) is 61.4 Å². The zero-order valence-corrected chi connectivity index (χ0v) is 19.2. The number of hydrogen-bond acceptors (Lipinski definition) is 3. The van der Waals surface area contributed by atoms with Gasteiger partial charge in [-0.05, 0) is 56.1 Å². The Balaban J connectivity index is 1.29. The first kappa shape index (κ1) is 23.6. The van der Waals surface area contributed by atoms with Gasteiger partial charge in [0.2, 0.25) is 5.91 Å². The molecule has 1 aliphatic rings. The number of piperidine rings is 1. The average Bonchev–Trinajstić information content (AvgIpc) is 2.87. The molecule has 1 saturated heterocycles. The summed E-state index contributed by atoms with van der Waals surface area (Å²) in [6.45, 7) is 2.53. The molecule has 34 heavy (non-hydrogen) atoms. The van der Waals surface area contributed by atoms with Crippen LogP contribution >= 0.6 is 0 Å². The highest BCUT2D eigenvalue weighted by atomic mass is 19.1. The lowest BCUT2D eigenvalue weighted by atomic mass is 9.95. The van der Waals surface area contributed by atoms with E-state index < -0.39 is 0 Å². The maximum absolute atomic E-state index is 13.9. The minimum atomic E-state index is -0.202. The maximum atomic E-state index is 13.9. The molecule has 0 saturated carbocycles. The van der Waals surface area contributed by atoms with E-state index in [1.165, 1.54) is 6.07 Å². The van der Waals surface area contributed by atoms with Gasteiger partial charge in [0.15, 0.2) is 0 Å². The zero-order valence-electron chi connectivity index (χ0n) is 19.2. The van der Waals surface area contributed by atoms with Crippen molar-refractivity contribution in [2.45, 2.75) is 25.8 Å². The molecule has 2 amide bonds. The molecule has 1 heterocycles. The number of carbonyl (C=O) groups is 2. The van der Waals surface area contributed by atoms with Gasteiger partial charge < -0.3 is 10.6 Å². The van der Waals surface area contributed by atoms with E-state index in [4.69, 9.17) is 0 Å². The second-order valence-electron chi connectivity index (χ2n) is 8.67. The number of carbonyl (C=O) groups excluding carboxylic acids is 2. The molecule has 0 spiro atoms. The second kappa shape index (κ2) is 11.6. The minimum absolute atomic E-state index is 0.0740. The van der Waals surface area contributed by atoms with Crippen molar-refractivity contribution in [2.24, 2.45) is 5.92 Å². The molecule has 0 unspecified atom stereocenters. The van der Waals surface area contributed by atoms with Crippen LogP contribution < -0.4 is 10.6 Å². The van der Waals surface area contributed by atoms with Crippen LogP contribution in [-0.2, 0) is 17.8 Å². The fraction of sp³-hybridized carbons (Fsp3) is 0.286. The first-order chi connectivity index (χ1) is 16.6. The van der Waals surface area contributed by atoms with Crippen molar-refractivity contribution in [3.05, 3.63) is 101 Å². The third-order valence-corrected chi connectivity index (χ3v) is 6.28. The van der Waals surface area contributed by atoms with E-state index in [0.29, 0.717) is 42.7 Å². The van der Waals surface area contributed by atoms with E-state index in [0.717, 1.165) is 25.1 Å². The third kappa shape index (κ3) is 6.29. The molecule has 5 nitrogen and oxygen atoms in total. The van der Waals surface area contributed by atoms with Crippen molar-refractivity contribution in [1.82, 2.24) is 10.2 Å². The number of hydrogen-bond donors (Lipinski definition) is 2. The number of nitrogens with zero attached hydrogens (tertiary/aromatic N) is 1. The number of amides is 2. The summed E-state index contributed by atoms with van der Waals surface area (Å²) in [4.78, 5) is 27.9. The number of halogens is 1. The summed E-state index contributed by atoms with van der Waals surface area (Å²) in [5.41, 5.74) is 2.82. The molecule has 3 aromatic carbocycles. The molecule has 1 fully saturated rings. The summed E-state index contributed by atoms with van der Waals surface area (Å²) in [7, 11) is 0. The van der Waals surface area contributed by atoms with Gasteiger partial charge in [-0.2, -0.15) is 0 Å². The lowest BCUT2D eigenvalue weighted by Crippen LogP contribution is -2.38. The smallest absolute Gasteiger partial charge is 0.253 e. The molecule has 0 atom stereocenters. The van der Waals surface area contributed by atoms with Crippen LogP contribution in [0.25, 0.3) is 0 Å². The van der Waals surface area contributed by atoms with Crippen LogP contribution in [0, 0.1) is 11.7 Å². The summed E-state index contributed by atoms with van der Waals surface area (Å²) in [6, 6.07) is 23.9. The van der Waals surface area contributed by atoms with Crippen molar-refractivity contribution in [1.29, 1.82) is 0 Å². The Kier molecular flexibility index (Phi) is 8.04. The van der Waals surface area contributed by atoms with Crippen molar-refractivity contribution < 1.29 is 14.0 Å². The normalized spacial score (nSPS) is 14.5. The highest BCUT2D eigenvalue weighted by Crippen LogP contribution is 2.23. The van der Waals surface area contributed by atoms with E-state index in [2.05, 4.69) is 15.5 Å². The Morgan fingerprint density at radius 3 is 2.32 bits per heavy atom. The number of nitrogens with one attached hydrogen (secondary N) is 2. The molecule has 0 bridgehead atoms. The maximum Gasteiger partial charge on any atom is 0.253 e. The molecule has 4 rings (SSSR count). The van der Waals surface area contributed by atoms with E-state index in [1.54, 1.807) is 30.3 Å². The van der Waals surface area contributed by atoms with Crippen LogP contribution in [0.1, 0.15) is 34.3 Å². The van der Waals surface area contributed by atoms with Crippen LogP contribution in [0.3, 0.4) is 0 Å². The third-order valence-electron chi connectivity index (χ3n) is 6.28. The van der Waals surface area contributed by atoms with Gasteiger partial charge in [-0.1, -0.05) is 60.7 Å². The summed E-state index contributed by atoms with van der Waals surface area (Å²) < 4.78 is 13.9. The summed E-state index contributed by atoms with van der Waals surface area (Å²) >= 11 is 0. The fourth-order valence-electron chi connectivity index (χ4n) is 4.31. The Labute approximate surface area is 200 Å². The quantitative estimate of drug-likeness (QED) is 0.516. The monoisotopic (exact) mass is 459 g/mol. The van der Waals surface area contributed by atoms with Gasteiger partial charge in [0.25, 0.3) is 5.91 Å². The van der Waals surface area contributed by atoms with Gasteiger partial charge in [0.05, 0.1) is 11.3 Å². The first-order valence-electron chi connectivity index (χ1n) is 11.8. The Morgan fingerprint density at radius 2 is 1.56 bits per heavy atom. The Hall–Kier alpha value is -3.51. The fourth-order valence-corrected chi connectivity index (χ4v) is 4.31. The standard InChI is InChI=1S/C28H30FN3O2/c29-25-12-6-4-10-23(25)20-32-18-15-22(16-19-32)27(33)31-26-13-7-5-11-24(26)28(34)30-17-14-21-8-2-1-3-9-21/h1-13,22H,14-20H2,(H,30,34)(H,31,33). The average molecular weight is 460 g/mol. The molecule has 0 aromatic heterocycles. The summed E-state index contributed by atoms with van der Waals surface area (Å²) in [5, 5.41) is 5.91. The number of anilines is 1. The van der Waals surface area contributed by atoms with E-state index in [-0.39, 0.29) is 23.5 Å². The van der Waals surface area contributed by atoms with Crippen molar-refractivity contribution >= 4 is 17.5 Å². The lowest BCUT2D eigenvalue weighted by Gasteiger charge is -2.31. The van der Waals surface area contributed by atoms with Gasteiger partial charge in [-0.3, -0.25) is 14.5 Å². The summed E-state index contributed by atoms with van der Waals surface area (Å²) in [5.74, 6) is -0.603. The van der Waals surface area contributed by atoms with Crippen LogP contribution in [0.5, 0.6) is 0 Å². The van der Waals surface area contributed by atoms with E-state index >= 15 is 0 Å². The first-order valence-corrected chi connectivity index (χ1v) is 11.8. The molecular weight excluding hydrogens is 429 g/mol. The minimum Gasteiger partial charge on any atom is -0.352 e. The Morgan fingerprint density at radius 1 is 0.882 bits per heavy atom. The largest absolute Gasteiger partial charge is 0.352 e. The lowest BCUT2D eigenvalue weighted by molar-refractivity contribution is -0.121. The van der Waals surface area contributed by atoms with Crippen LogP contribution in [0.15, 0.2) is 78.9 Å². The van der Waals surface area contributed by atoms with Gasteiger partial charge >= 0.3 is 0 Å². The van der Waals surface area contributed by atoms with Gasteiger partial charge in [0, 0.05) is 24.6 Å². The molecule has 0 aliphatic carbocycles. The zero-order chi connectivity index (χ0) is 23.8. The van der Waals surface area contributed by atoms with Crippen LogP contribution in [0.4, 0.5) is 10.1 Å². The molecule has 2 N–H and O–H groups in total. The van der Waals surface area contributed by atoms with Crippen molar-refractivity contribution in [3.63, 3.8) is 0 Å². The Bertz CT molecular complexity index is 1110. The molecule has 0 radical (unpaired) electrons. The van der Waals surface area contributed by atoms with Crippen molar-refractivity contribution in [2.75, 3.05) is 25.0 Å². The SMILES string of the molecule is O=C(NCCc1ccccc1)c1ccccc1NC(=O)C1CCN(Cc2ccccc2F)CC1. The molecule has 176 valence electrons. The second-order valence-corrected chi connectivity index (χ2v) is 8.67. The van der Waals surface area contributed by atoms with Gasteiger partial charge in [-0.15, -0.1) is 0 Å².